The number of ketones is 1. The number of anilines is 2. The van der Waals surface area contributed by atoms with E-state index in [2.05, 4.69) is 47.8 Å². The van der Waals surface area contributed by atoms with Gasteiger partial charge in [0.05, 0.1) is 11.4 Å². The smallest absolute Gasteiger partial charge is 0.228 e. The van der Waals surface area contributed by atoms with Crippen molar-refractivity contribution in [2.75, 3.05) is 30.9 Å². The molecule has 2 aliphatic rings. The van der Waals surface area contributed by atoms with Crippen LogP contribution in [0.25, 0.3) is 10.9 Å². The van der Waals surface area contributed by atoms with Gasteiger partial charge in [-0.1, -0.05) is 42.5 Å². The predicted molar refractivity (Wildman–Crippen MR) is 137 cm³/mol. The molecule has 5 rings (SSSR count). The van der Waals surface area contributed by atoms with Gasteiger partial charge in [-0.15, -0.1) is 0 Å². The lowest BCUT2D eigenvalue weighted by Crippen LogP contribution is -2.36. The molecule has 2 aliphatic carbocycles. The van der Waals surface area contributed by atoms with E-state index >= 15 is 0 Å². The maximum atomic E-state index is 12.8. The zero-order valence-corrected chi connectivity index (χ0v) is 19.9. The molecule has 0 spiro atoms. The van der Waals surface area contributed by atoms with E-state index in [0.717, 1.165) is 53.7 Å². The summed E-state index contributed by atoms with van der Waals surface area (Å²) in [5, 5.41) is 7.94. The minimum Gasteiger partial charge on any atom is -0.377 e. The molecule has 2 aromatic carbocycles. The van der Waals surface area contributed by atoms with Crippen LogP contribution in [-0.4, -0.2) is 43.4 Å². The van der Waals surface area contributed by atoms with Gasteiger partial charge < -0.3 is 15.5 Å². The van der Waals surface area contributed by atoms with E-state index in [-0.39, 0.29) is 24.0 Å². The van der Waals surface area contributed by atoms with Crippen molar-refractivity contribution in [3.63, 3.8) is 0 Å². The minimum atomic E-state index is -0.341. The number of nitrogens with zero attached hydrogens (tertiary/aromatic N) is 2. The topological polar surface area (TPSA) is 74.3 Å². The number of carbonyl (C=O) groups is 2. The summed E-state index contributed by atoms with van der Waals surface area (Å²) >= 11 is 0. The third-order valence-corrected chi connectivity index (χ3v) is 7.28. The van der Waals surface area contributed by atoms with Crippen molar-refractivity contribution in [2.24, 2.45) is 5.92 Å². The van der Waals surface area contributed by atoms with Crippen molar-refractivity contribution in [3.05, 3.63) is 65.7 Å². The normalized spacial score (nSPS) is 21.8. The van der Waals surface area contributed by atoms with Crippen LogP contribution in [-0.2, 0) is 4.79 Å². The van der Waals surface area contributed by atoms with Gasteiger partial charge in [0.25, 0.3) is 0 Å². The SMILES string of the molecule is CN(C)c1cc(NC2CCC(CNC(=O)C3CC(=O)c4ccccc43)CC2)nc2ccccc12. The van der Waals surface area contributed by atoms with E-state index in [1.807, 2.05) is 36.4 Å². The molecule has 1 unspecified atom stereocenters. The Labute approximate surface area is 200 Å². The molecular weight excluding hydrogens is 424 g/mol. The number of rotatable bonds is 6. The summed E-state index contributed by atoms with van der Waals surface area (Å²) < 4.78 is 0. The second-order valence-corrected chi connectivity index (χ2v) is 9.81. The van der Waals surface area contributed by atoms with Crippen LogP contribution in [0.3, 0.4) is 0 Å². The molecule has 0 aliphatic heterocycles. The first-order valence-corrected chi connectivity index (χ1v) is 12.2. The van der Waals surface area contributed by atoms with Crippen LogP contribution in [0.15, 0.2) is 54.6 Å². The van der Waals surface area contributed by atoms with E-state index in [1.165, 1.54) is 0 Å². The van der Waals surface area contributed by atoms with Crippen molar-refractivity contribution < 1.29 is 9.59 Å². The quantitative estimate of drug-likeness (QED) is 0.560. The van der Waals surface area contributed by atoms with Gasteiger partial charge in [-0.2, -0.15) is 0 Å². The number of carbonyl (C=O) groups excluding carboxylic acids is 2. The highest BCUT2D eigenvalue weighted by molar-refractivity contribution is 6.06. The standard InChI is InChI=1S/C28H32N4O2/c1-32(2)25-16-27(31-24-10-6-5-9-22(24)25)30-19-13-11-18(12-14-19)17-29-28(34)23-15-26(33)21-8-4-3-7-20(21)23/h3-10,16,18-19,23H,11-15,17H2,1-2H3,(H,29,34)(H,30,31). The first kappa shape index (κ1) is 22.4. The van der Waals surface area contributed by atoms with Crippen molar-refractivity contribution in [1.29, 1.82) is 0 Å². The fourth-order valence-electron chi connectivity index (χ4n) is 5.38. The number of fused-ring (bicyclic) bond motifs is 2. The zero-order valence-electron chi connectivity index (χ0n) is 19.9. The number of para-hydroxylation sites is 1. The van der Waals surface area contributed by atoms with Gasteiger partial charge in [-0.05, 0) is 43.2 Å². The van der Waals surface area contributed by atoms with Crippen LogP contribution in [0, 0.1) is 5.92 Å². The van der Waals surface area contributed by atoms with Gasteiger partial charge >= 0.3 is 0 Å². The monoisotopic (exact) mass is 456 g/mol. The maximum Gasteiger partial charge on any atom is 0.228 e. The highest BCUT2D eigenvalue weighted by Gasteiger charge is 2.34. The molecule has 176 valence electrons. The summed E-state index contributed by atoms with van der Waals surface area (Å²) in [6, 6.07) is 18.3. The Morgan fingerprint density at radius 3 is 2.56 bits per heavy atom. The van der Waals surface area contributed by atoms with Gasteiger partial charge in [-0.3, -0.25) is 9.59 Å². The Kier molecular flexibility index (Phi) is 6.22. The molecular formula is C28H32N4O2. The number of aromatic nitrogens is 1. The van der Waals surface area contributed by atoms with Crippen molar-refractivity contribution in [3.8, 4) is 0 Å². The molecule has 1 aromatic heterocycles. The Morgan fingerprint density at radius 1 is 1.03 bits per heavy atom. The molecule has 1 heterocycles. The number of hydrogen-bond donors (Lipinski definition) is 2. The van der Waals surface area contributed by atoms with Crippen LogP contribution in [0.5, 0.6) is 0 Å². The highest BCUT2D eigenvalue weighted by atomic mass is 16.2. The minimum absolute atomic E-state index is 0.0184. The lowest BCUT2D eigenvalue weighted by Gasteiger charge is -2.30. The van der Waals surface area contributed by atoms with Gasteiger partial charge in [0.2, 0.25) is 5.91 Å². The molecule has 34 heavy (non-hydrogen) atoms. The maximum absolute atomic E-state index is 12.8. The predicted octanol–water partition coefficient (Wildman–Crippen LogP) is 4.76. The Hall–Kier alpha value is -3.41. The fraction of sp³-hybridized carbons (Fsp3) is 0.393. The number of amides is 1. The Bertz CT molecular complexity index is 1210. The molecule has 3 aromatic rings. The third kappa shape index (κ3) is 4.49. The first-order chi connectivity index (χ1) is 16.5. The van der Waals surface area contributed by atoms with E-state index < -0.39 is 0 Å². The number of pyridine rings is 1. The van der Waals surface area contributed by atoms with Gasteiger partial charge in [-0.25, -0.2) is 4.98 Å². The second kappa shape index (κ2) is 9.45. The largest absolute Gasteiger partial charge is 0.377 e. The van der Waals surface area contributed by atoms with Gasteiger partial charge in [0.1, 0.15) is 5.82 Å². The van der Waals surface area contributed by atoms with Gasteiger partial charge in [0, 0.05) is 55.8 Å². The van der Waals surface area contributed by atoms with Crippen LogP contribution < -0.4 is 15.5 Å². The average molecular weight is 457 g/mol. The van der Waals surface area contributed by atoms with E-state index in [1.54, 1.807) is 0 Å². The number of Topliss-reactive ketones (excluding diaryl/α,β-unsaturated/α-hetero) is 1. The van der Waals surface area contributed by atoms with Crippen LogP contribution >= 0.6 is 0 Å². The highest BCUT2D eigenvalue weighted by Crippen LogP contribution is 2.34. The molecule has 2 N–H and O–H groups in total. The Morgan fingerprint density at radius 2 is 1.76 bits per heavy atom. The molecule has 0 bridgehead atoms. The average Bonchev–Trinajstić information content (AvgIpc) is 3.19. The fourth-order valence-corrected chi connectivity index (χ4v) is 5.38. The van der Waals surface area contributed by atoms with Crippen molar-refractivity contribution in [1.82, 2.24) is 10.3 Å². The number of hydrogen-bond acceptors (Lipinski definition) is 5. The molecule has 0 saturated heterocycles. The first-order valence-electron chi connectivity index (χ1n) is 12.2. The summed E-state index contributed by atoms with van der Waals surface area (Å²) in [5.41, 5.74) is 3.74. The van der Waals surface area contributed by atoms with E-state index in [9.17, 15) is 9.59 Å². The molecule has 0 radical (unpaired) electrons. The molecule has 6 nitrogen and oxygen atoms in total. The van der Waals surface area contributed by atoms with Crippen molar-refractivity contribution >= 4 is 34.1 Å². The van der Waals surface area contributed by atoms with E-state index in [4.69, 9.17) is 4.98 Å². The summed E-state index contributed by atoms with van der Waals surface area (Å²) in [6.45, 7) is 0.678. The molecule has 1 amide bonds. The number of benzene rings is 2. The number of nitrogens with one attached hydrogen (secondary N) is 2. The molecule has 1 fully saturated rings. The molecule has 1 atom stereocenters. The van der Waals surface area contributed by atoms with Crippen LogP contribution in [0.1, 0.15) is 53.9 Å². The summed E-state index contributed by atoms with van der Waals surface area (Å²) in [4.78, 5) is 32.0. The van der Waals surface area contributed by atoms with Crippen LogP contribution in [0.4, 0.5) is 11.5 Å². The Balaban J connectivity index is 1.15. The second-order valence-electron chi connectivity index (χ2n) is 9.81. The van der Waals surface area contributed by atoms with E-state index in [0.29, 0.717) is 24.1 Å². The summed E-state index contributed by atoms with van der Waals surface area (Å²) in [7, 11) is 4.12. The van der Waals surface area contributed by atoms with Gasteiger partial charge in [0.15, 0.2) is 5.78 Å². The van der Waals surface area contributed by atoms with Crippen molar-refractivity contribution in [2.45, 2.75) is 44.1 Å². The summed E-state index contributed by atoms with van der Waals surface area (Å²) in [5.74, 6) is 1.10. The van der Waals surface area contributed by atoms with Crippen LogP contribution in [0.2, 0.25) is 0 Å². The zero-order chi connectivity index (χ0) is 23.7. The lowest BCUT2D eigenvalue weighted by atomic mass is 9.86. The third-order valence-electron chi connectivity index (χ3n) is 7.28. The molecule has 1 saturated carbocycles. The molecule has 6 heteroatoms. The lowest BCUT2D eigenvalue weighted by molar-refractivity contribution is -0.122. The summed E-state index contributed by atoms with van der Waals surface area (Å²) in [6.07, 6.45) is 4.52.